The lowest BCUT2D eigenvalue weighted by molar-refractivity contribution is -0.144. The van der Waals surface area contributed by atoms with Crippen molar-refractivity contribution in [2.75, 3.05) is 13.2 Å². The summed E-state index contributed by atoms with van der Waals surface area (Å²) in [6, 6.07) is 6.31. The number of esters is 1. The molecule has 166 valence electrons. The number of nitrogens with zero attached hydrogens (tertiary/aromatic N) is 2. The lowest BCUT2D eigenvalue weighted by atomic mass is 9.99. The van der Waals surface area contributed by atoms with E-state index < -0.39 is 23.4 Å². The maximum absolute atomic E-state index is 13.7. The average molecular weight is 432 g/mol. The normalized spacial score (nSPS) is 16.2. The van der Waals surface area contributed by atoms with Gasteiger partial charge >= 0.3 is 5.97 Å². The zero-order chi connectivity index (χ0) is 22.4. The molecule has 0 saturated carbocycles. The Bertz CT molecular complexity index is 957. The van der Waals surface area contributed by atoms with Gasteiger partial charge in [0.15, 0.2) is 5.78 Å². The van der Waals surface area contributed by atoms with Crippen molar-refractivity contribution in [2.45, 2.75) is 44.6 Å². The lowest BCUT2D eigenvalue weighted by Crippen LogP contribution is -2.44. The van der Waals surface area contributed by atoms with Gasteiger partial charge in [0.1, 0.15) is 17.3 Å². The van der Waals surface area contributed by atoms with Crippen molar-refractivity contribution in [3.63, 3.8) is 0 Å². The third kappa shape index (κ3) is 5.77. The quantitative estimate of drug-likeness (QED) is 0.469. The van der Waals surface area contributed by atoms with Gasteiger partial charge in [-0.15, -0.1) is 0 Å². The molecule has 31 heavy (non-hydrogen) atoms. The molecule has 1 unspecified atom stereocenters. The van der Waals surface area contributed by atoms with E-state index in [0.29, 0.717) is 24.7 Å². The third-order valence-corrected chi connectivity index (χ3v) is 5.55. The number of ether oxygens (including phenoxy) is 1. The highest BCUT2D eigenvalue weighted by atomic mass is 19.1. The van der Waals surface area contributed by atoms with Crippen molar-refractivity contribution < 1.29 is 27.9 Å². The Morgan fingerprint density at radius 1 is 1.13 bits per heavy atom. The highest BCUT2D eigenvalue weighted by molar-refractivity contribution is 5.97. The number of hydrogen-bond donors (Lipinski definition) is 0. The largest absolute Gasteiger partial charge is 0.466 e. The number of aromatic nitrogens is 1. The van der Waals surface area contributed by atoms with Gasteiger partial charge in [-0.3, -0.25) is 14.4 Å². The number of carbonyl (C=O) groups excluding carboxylic acids is 3. The van der Waals surface area contributed by atoms with Crippen LogP contribution in [0.2, 0.25) is 0 Å². The van der Waals surface area contributed by atoms with Crippen molar-refractivity contribution in [1.29, 1.82) is 0 Å². The minimum absolute atomic E-state index is 0.0149. The fourth-order valence-corrected chi connectivity index (χ4v) is 3.85. The highest BCUT2D eigenvalue weighted by Crippen LogP contribution is 2.22. The molecule has 1 aromatic carbocycles. The SMILES string of the molecule is Cn1cccc1C(=O)N1CCCCC1CCOC(=O)CCC(=O)c1ccc(F)cc1F. The van der Waals surface area contributed by atoms with E-state index in [1.54, 1.807) is 10.6 Å². The molecule has 1 aromatic heterocycles. The number of likely N-dealkylation sites (tertiary alicyclic amines) is 1. The summed E-state index contributed by atoms with van der Waals surface area (Å²) in [5.74, 6) is -2.89. The molecule has 0 N–H and O–H groups in total. The predicted molar refractivity (Wildman–Crippen MR) is 110 cm³/mol. The number of piperidine rings is 1. The molecule has 2 heterocycles. The third-order valence-electron chi connectivity index (χ3n) is 5.55. The molecule has 0 aliphatic carbocycles. The van der Waals surface area contributed by atoms with Crippen LogP contribution in [0.5, 0.6) is 0 Å². The van der Waals surface area contributed by atoms with E-state index in [2.05, 4.69) is 0 Å². The van der Waals surface area contributed by atoms with E-state index in [9.17, 15) is 23.2 Å². The number of amides is 1. The summed E-state index contributed by atoms with van der Waals surface area (Å²) in [7, 11) is 1.83. The van der Waals surface area contributed by atoms with E-state index >= 15 is 0 Å². The first-order chi connectivity index (χ1) is 14.9. The Hall–Kier alpha value is -3.03. The van der Waals surface area contributed by atoms with Gasteiger partial charge in [0, 0.05) is 44.7 Å². The molecule has 8 heteroatoms. The van der Waals surface area contributed by atoms with Crippen LogP contribution in [0.3, 0.4) is 0 Å². The molecule has 1 saturated heterocycles. The molecule has 1 fully saturated rings. The molecule has 0 bridgehead atoms. The summed E-state index contributed by atoms with van der Waals surface area (Å²) in [5.41, 5.74) is 0.377. The van der Waals surface area contributed by atoms with Crippen LogP contribution < -0.4 is 0 Å². The average Bonchev–Trinajstić information content (AvgIpc) is 3.17. The number of aryl methyl sites for hydroxylation is 1. The van der Waals surface area contributed by atoms with Crippen LogP contribution >= 0.6 is 0 Å². The predicted octanol–water partition coefficient (Wildman–Crippen LogP) is 3.89. The van der Waals surface area contributed by atoms with Crippen LogP contribution in [0.4, 0.5) is 8.78 Å². The Labute approximate surface area is 179 Å². The molecule has 1 aliphatic rings. The van der Waals surface area contributed by atoms with Gasteiger partial charge in [0.25, 0.3) is 5.91 Å². The fourth-order valence-electron chi connectivity index (χ4n) is 3.85. The van der Waals surface area contributed by atoms with Crippen LogP contribution in [-0.4, -0.2) is 46.3 Å². The molecular formula is C23H26F2N2O4. The molecule has 1 aliphatic heterocycles. The molecule has 2 aromatic rings. The number of halogens is 2. The highest BCUT2D eigenvalue weighted by Gasteiger charge is 2.28. The second-order valence-electron chi connectivity index (χ2n) is 7.71. The Balaban J connectivity index is 1.46. The van der Waals surface area contributed by atoms with E-state index in [0.717, 1.165) is 31.4 Å². The minimum atomic E-state index is -0.946. The molecule has 1 atom stereocenters. The Kier molecular flexibility index (Phi) is 7.55. The van der Waals surface area contributed by atoms with Crippen LogP contribution in [0, 0.1) is 11.6 Å². The number of benzene rings is 1. The fraction of sp³-hybridized carbons (Fsp3) is 0.435. The van der Waals surface area contributed by atoms with Crippen molar-refractivity contribution in [2.24, 2.45) is 7.05 Å². The van der Waals surface area contributed by atoms with Gasteiger partial charge in [-0.2, -0.15) is 0 Å². The molecule has 0 radical (unpaired) electrons. The minimum Gasteiger partial charge on any atom is -0.466 e. The van der Waals surface area contributed by atoms with Crippen molar-refractivity contribution in [3.8, 4) is 0 Å². The van der Waals surface area contributed by atoms with Crippen molar-refractivity contribution in [3.05, 3.63) is 59.4 Å². The second-order valence-corrected chi connectivity index (χ2v) is 7.71. The zero-order valence-corrected chi connectivity index (χ0v) is 17.5. The summed E-state index contributed by atoms with van der Waals surface area (Å²) in [5, 5.41) is 0. The van der Waals surface area contributed by atoms with Crippen LogP contribution in [0.25, 0.3) is 0 Å². The smallest absolute Gasteiger partial charge is 0.306 e. The molecule has 1 amide bonds. The lowest BCUT2D eigenvalue weighted by Gasteiger charge is -2.35. The molecule has 0 spiro atoms. The maximum Gasteiger partial charge on any atom is 0.306 e. The Morgan fingerprint density at radius 2 is 1.94 bits per heavy atom. The van der Waals surface area contributed by atoms with E-state index in [4.69, 9.17) is 4.74 Å². The summed E-state index contributed by atoms with van der Waals surface area (Å²) in [4.78, 5) is 38.7. The van der Waals surface area contributed by atoms with Crippen LogP contribution in [0.1, 0.15) is 59.4 Å². The van der Waals surface area contributed by atoms with Gasteiger partial charge in [-0.1, -0.05) is 0 Å². The number of carbonyl (C=O) groups is 3. The first-order valence-corrected chi connectivity index (χ1v) is 10.4. The number of hydrogen-bond acceptors (Lipinski definition) is 4. The van der Waals surface area contributed by atoms with Gasteiger partial charge < -0.3 is 14.2 Å². The summed E-state index contributed by atoms with van der Waals surface area (Å²) in [6.07, 6.45) is 4.72. The van der Waals surface area contributed by atoms with Crippen LogP contribution in [-0.2, 0) is 16.6 Å². The van der Waals surface area contributed by atoms with E-state index in [1.807, 2.05) is 24.2 Å². The molecular weight excluding hydrogens is 406 g/mol. The number of ketones is 1. The van der Waals surface area contributed by atoms with Crippen LogP contribution in [0.15, 0.2) is 36.5 Å². The summed E-state index contributed by atoms with van der Waals surface area (Å²) >= 11 is 0. The number of rotatable bonds is 8. The van der Waals surface area contributed by atoms with E-state index in [1.165, 1.54) is 0 Å². The second kappa shape index (κ2) is 10.3. The van der Waals surface area contributed by atoms with Gasteiger partial charge in [-0.05, 0) is 43.5 Å². The first kappa shape index (κ1) is 22.7. The summed E-state index contributed by atoms with van der Waals surface area (Å²) in [6.45, 7) is 0.805. The first-order valence-electron chi connectivity index (χ1n) is 10.4. The van der Waals surface area contributed by atoms with Crippen molar-refractivity contribution >= 4 is 17.7 Å². The molecule has 6 nitrogen and oxygen atoms in total. The standard InChI is InChI=1S/C23H26F2N2O4/c1-26-12-4-6-20(26)23(30)27-13-3-2-5-17(27)11-14-31-22(29)10-9-21(28)18-8-7-16(24)15-19(18)25/h4,6-8,12,15,17H,2-3,5,9-11,13-14H2,1H3. The molecule has 3 rings (SSSR count). The Morgan fingerprint density at radius 3 is 2.65 bits per heavy atom. The van der Waals surface area contributed by atoms with Gasteiger partial charge in [0.05, 0.1) is 18.6 Å². The summed E-state index contributed by atoms with van der Waals surface area (Å²) < 4.78 is 33.6. The zero-order valence-electron chi connectivity index (χ0n) is 17.5. The monoisotopic (exact) mass is 432 g/mol. The maximum atomic E-state index is 13.7. The van der Waals surface area contributed by atoms with E-state index in [-0.39, 0.29) is 37.0 Å². The topological polar surface area (TPSA) is 68.6 Å². The number of Topliss-reactive ketones (excluding diaryl/α,β-unsaturated/α-hetero) is 1. The van der Waals surface area contributed by atoms with Gasteiger partial charge in [0.2, 0.25) is 0 Å². The van der Waals surface area contributed by atoms with Crippen molar-refractivity contribution in [1.82, 2.24) is 9.47 Å². The van der Waals surface area contributed by atoms with Gasteiger partial charge in [-0.25, -0.2) is 8.78 Å².